The third kappa shape index (κ3) is 7.18. The second-order valence-corrected chi connectivity index (χ2v) is 12.9. The molecule has 2 amide bonds. The van der Waals surface area contributed by atoms with Crippen molar-refractivity contribution >= 4 is 23.3 Å². The predicted octanol–water partition coefficient (Wildman–Crippen LogP) is 4.60. The van der Waals surface area contributed by atoms with Crippen molar-refractivity contribution in [1.82, 2.24) is 20.2 Å². The molecule has 1 aliphatic heterocycles. The Morgan fingerprint density at radius 2 is 1.88 bits per heavy atom. The number of nitrogens with one attached hydrogen (secondary N) is 3. The van der Waals surface area contributed by atoms with Crippen LogP contribution in [0.5, 0.6) is 5.88 Å². The Morgan fingerprint density at radius 3 is 2.60 bits per heavy atom. The minimum Gasteiger partial charge on any atom is -0.480 e. The summed E-state index contributed by atoms with van der Waals surface area (Å²) < 4.78 is 11.0. The van der Waals surface area contributed by atoms with Gasteiger partial charge in [0.2, 0.25) is 11.8 Å². The van der Waals surface area contributed by atoms with Crippen LogP contribution in [0.15, 0.2) is 42.4 Å². The zero-order valence-electron chi connectivity index (χ0n) is 26.1. The number of hydrogen-bond donors (Lipinski definition) is 3. The average Bonchev–Trinajstić information content (AvgIpc) is 3.61. The van der Waals surface area contributed by atoms with Gasteiger partial charge in [-0.05, 0) is 67.6 Å². The molecule has 10 nitrogen and oxygen atoms in total. The maximum absolute atomic E-state index is 13.9. The normalized spacial score (nSPS) is 24.1. The van der Waals surface area contributed by atoms with Gasteiger partial charge >= 0.3 is 0 Å². The van der Waals surface area contributed by atoms with Crippen LogP contribution < -0.4 is 20.7 Å². The summed E-state index contributed by atoms with van der Waals surface area (Å²) in [5.41, 5.74) is 3.11. The zero-order chi connectivity index (χ0) is 30.6. The standard InChI is InChI=1S/C33H46N6O4/c1-6-24(12-13-39-14-16-43-17-15-39)36-29-27(32(42-5)35-20-34-29)31(41)38-28-22-11-10-21(18-22)26(28)30(40)37-25-9-7-8-23(19-25)33(2,3)4/h6-9,19-22,26,28H,10-18H2,1-5H3,(H,37,40)(H,38,41)(H,34,35,36)/b24-6+. The van der Waals surface area contributed by atoms with Crippen LogP contribution in [0.4, 0.5) is 11.5 Å². The highest BCUT2D eigenvalue weighted by Crippen LogP contribution is 2.49. The second kappa shape index (κ2) is 13.4. The van der Waals surface area contributed by atoms with Crippen molar-refractivity contribution in [2.45, 2.75) is 64.8 Å². The predicted molar refractivity (Wildman–Crippen MR) is 167 cm³/mol. The number of ether oxygens (including phenoxy) is 2. The van der Waals surface area contributed by atoms with Crippen LogP contribution in [0.25, 0.3) is 0 Å². The van der Waals surface area contributed by atoms with Crippen LogP contribution in [-0.4, -0.2) is 72.7 Å². The van der Waals surface area contributed by atoms with Crippen molar-refractivity contribution in [1.29, 1.82) is 0 Å². The van der Waals surface area contributed by atoms with Crippen molar-refractivity contribution in [2.75, 3.05) is 50.6 Å². The monoisotopic (exact) mass is 590 g/mol. The van der Waals surface area contributed by atoms with Gasteiger partial charge in [-0.2, -0.15) is 0 Å². The van der Waals surface area contributed by atoms with Crippen LogP contribution in [0.3, 0.4) is 0 Å². The molecule has 4 atom stereocenters. The summed E-state index contributed by atoms with van der Waals surface area (Å²) in [7, 11) is 1.50. The van der Waals surface area contributed by atoms with Crippen molar-refractivity contribution < 1.29 is 19.1 Å². The number of methoxy groups -OCH3 is 1. The Morgan fingerprint density at radius 1 is 1.12 bits per heavy atom. The van der Waals surface area contributed by atoms with Crippen LogP contribution in [0.2, 0.25) is 0 Å². The maximum Gasteiger partial charge on any atom is 0.260 e. The number of nitrogens with zero attached hydrogens (tertiary/aromatic N) is 3. The lowest BCUT2D eigenvalue weighted by Gasteiger charge is -2.31. The molecule has 2 aromatic rings. The quantitative estimate of drug-likeness (QED) is 0.368. The van der Waals surface area contributed by atoms with E-state index in [0.29, 0.717) is 5.82 Å². The smallest absolute Gasteiger partial charge is 0.260 e. The molecule has 2 aliphatic carbocycles. The van der Waals surface area contributed by atoms with Crippen LogP contribution in [0.1, 0.15) is 69.3 Å². The Balaban J connectivity index is 1.31. The van der Waals surface area contributed by atoms with E-state index in [-0.39, 0.29) is 52.5 Å². The van der Waals surface area contributed by atoms with Crippen molar-refractivity contribution in [2.24, 2.45) is 17.8 Å². The lowest BCUT2D eigenvalue weighted by molar-refractivity contribution is -0.122. The van der Waals surface area contributed by atoms with Crippen LogP contribution in [0, 0.1) is 17.8 Å². The number of aromatic nitrogens is 2. The summed E-state index contributed by atoms with van der Waals surface area (Å²) in [6, 6.07) is 7.75. The van der Waals surface area contributed by atoms with E-state index in [9.17, 15) is 9.59 Å². The highest BCUT2D eigenvalue weighted by atomic mass is 16.5. The first-order valence-electron chi connectivity index (χ1n) is 15.5. The van der Waals surface area contributed by atoms with Gasteiger partial charge in [-0.1, -0.05) is 39.0 Å². The molecule has 2 heterocycles. The molecule has 2 saturated carbocycles. The fourth-order valence-corrected chi connectivity index (χ4v) is 6.75. The van der Waals surface area contributed by atoms with Crippen molar-refractivity contribution in [3.8, 4) is 5.88 Å². The number of carbonyl (C=O) groups is 2. The summed E-state index contributed by atoms with van der Waals surface area (Å²) >= 11 is 0. The molecule has 1 aromatic heterocycles. The SMILES string of the molecule is C/C=C(\CCN1CCOCC1)Nc1ncnc(OC)c1C(=O)NC1C2CCC(C2)C1C(=O)Nc1cccc(C(C)(C)C)c1. The second-order valence-electron chi connectivity index (χ2n) is 12.9. The summed E-state index contributed by atoms with van der Waals surface area (Å²) in [6.45, 7) is 12.6. The molecule has 10 heteroatoms. The van der Waals surface area contributed by atoms with Crippen LogP contribution in [-0.2, 0) is 14.9 Å². The van der Waals surface area contributed by atoms with Gasteiger partial charge in [0.25, 0.3) is 5.91 Å². The number of fused-ring (bicyclic) bond motifs is 2. The third-order valence-corrected chi connectivity index (χ3v) is 9.17. The van der Waals surface area contributed by atoms with Gasteiger partial charge in [0.15, 0.2) is 0 Å². The van der Waals surface area contributed by atoms with E-state index in [2.05, 4.69) is 57.7 Å². The van der Waals surface area contributed by atoms with E-state index >= 15 is 0 Å². The van der Waals surface area contributed by atoms with Gasteiger partial charge in [0, 0.05) is 37.1 Å². The van der Waals surface area contributed by atoms with E-state index in [4.69, 9.17) is 9.47 Å². The molecule has 232 valence electrons. The highest BCUT2D eigenvalue weighted by molar-refractivity contribution is 6.02. The van der Waals surface area contributed by atoms with E-state index in [0.717, 1.165) is 75.5 Å². The van der Waals surface area contributed by atoms with Gasteiger partial charge in [0.1, 0.15) is 17.7 Å². The molecular formula is C33H46N6O4. The molecular weight excluding hydrogens is 544 g/mol. The number of benzene rings is 1. The minimum atomic E-state index is -0.339. The van der Waals surface area contributed by atoms with E-state index in [1.807, 2.05) is 31.2 Å². The molecule has 4 unspecified atom stereocenters. The summed E-state index contributed by atoms with van der Waals surface area (Å²) in [6.07, 6.45) is 7.10. The molecule has 1 saturated heterocycles. The first-order valence-corrected chi connectivity index (χ1v) is 15.5. The molecule has 5 rings (SSSR count). The lowest BCUT2D eigenvalue weighted by Crippen LogP contribution is -2.48. The summed E-state index contributed by atoms with van der Waals surface area (Å²) in [5.74, 6) is 0.378. The number of amides is 2. The zero-order valence-corrected chi connectivity index (χ0v) is 26.1. The lowest BCUT2D eigenvalue weighted by atomic mass is 9.83. The molecule has 3 aliphatic rings. The number of anilines is 2. The number of hydrogen-bond acceptors (Lipinski definition) is 8. The minimum absolute atomic E-state index is 0.0262. The molecule has 0 radical (unpaired) electrons. The van der Waals surface area contributed by atoms with Gasteiger partial charge in [-0.25, -0.2) is 9.97 Å². The molecule has 1 aromatic carbocycles. The van der Waals surface area contributed by atoms with E-state index in [1.165, 1.54) is 13.4 Å². The highest BCUT2D eigenvalue weighted by Gasteiger charge is 2.51. The summed E-state index contributed by atoms with van der Waals surface area (Å²) in [4.78, 5) is 38.7. The van der Waals surface area contributed by atoms with Gasteiger partial charge in [-0.15, -0.1) is 0 Å². The van der Waals surface area contributed by atoms with Gasteiger partial charge in [-0.3, -0.25) is 14.5 Å². The molecule has 3 N–H and O–H groups in total. The molecule has 3 fully saturated rings. The first-order chi connectivity index (χ1) is 20.7. The van der Waals surface area contributed by atoms with Gasteiger partial charge in [0.05, 0.1) is 26.2 Å². The van der Waals surface area contributed by atoms with E-state index in [1.54, 1.807) is 0 Å². The maximum atomic E-state index is 13.9. The van der Waals surface area contributed by atoms with Crippen LogP contribution >= 0.6 is 0 Å². The van der Waals surface area contributed by atoms with Crippen molar-refractivity contribution in [3.05, 3.63) is 53.5 Å². The Kier molecular flexibility index (Phi) is 9.66. The van der Waals surface area contributed by atoms with E-state index < -0.39 is 0 Å². The summed E-state index contributed by atoms with van der Waals surface area (Å²) in [5, 5.41) is 9.76. The number of rotatable bonds is 10. The number of carbonyl (C=O) groups excluding carboxylic acids is 2. The number of morpholine rings is 1. The van der Waals surface area contributed by atoms with Crippen molar-refractivity contribution in [3.63, 3.8) is 0 Å². The Bertz CT molecular complexity index is 1330. The van der Waals surface area contributed by atoms with Gasteiger partial charge < -0.3 is 25.4 Å². The fraction of sp³-hybridized carbons (Fsp3) is 0.576. The molecule has 2 bridgehead atoms. The topological polar surface area (TPSA) is 118 Å². The third-order valence-electron chi connectivity index (χ3n) is 9.17. The fourth-order valence-electron chi connectivity index (χ4n) is 6.75. The first kappa shape index (κ1) is 30.9. The Labute approximate surface area is 255 Å². The molecule has 0 spiro atoms. The average molecular weight is 591 g/mol. The Hall–Kier alpha value is -3.50. The molecule has 43 heavy (non-hydrogen) atoms. The largest absolute Gasteiger partial charge is 0.480 e. The number of allylic oxidation sites excluding steroid dienone is 1.